The van der Waals surface area contributed by atoms with E-state index in [-0.39, 0.29) is 0 Å². The van der Waals surface area contributed by atoms with Gasteiger partial charge < -0.3 is 0 Å². The summed E-state index contributed by atoms with van der Waals surface area (Å²) in [4.78, 5) is 0. The molecule has 0 amide bonds. The average molecular weight is 134 g/mol. The number of hydrogen-bond acceptors (Lipinski definition) is 0. The Balaban J connectivity index is 2.29. The maximum Gasteiger partial charge on any atom is -0.0102 e. The fourth-order valence-corrected chi connectivity index (χ4v) is 2.00. The molecule has 0 aliphatic heterocycles. The predicted octanol–water partition coefficient (Wildman–Crippen LogP) is 2.77. The second kappa shape index (κ2) is 1.55. The third-order valence-electron chi connectivity index (χ3n) is 3.00. The molecular formula is C10H14. The zero-order valence-corrected chi connectivity index (χ0v) is 6.89. The third-order valence-corrected chi connectivity index (χ3v) is 3.00. The van der Waals surface area contributed by atoms with E-state index in [9.17, 15) is 0 Å². The summed E-state index contributed by atoms with van der Waals surface area (Å²) in [6.45, 7) is 6.88. The Labute approximate surface area is 62.6 Å². The summed E-state index contributed by atoms with van der Waals surface area (Å²) in [5, 5.41) is 0. The minimum absolute atomic E-state index is 0.564. The van der Waals surface area contributed by atoms with Crippen molar-refractivity contribution in [3.63, 3.8) is 0 Å². The summed E-state index contributed by atoms with van der Waals surface area (Å²) in [6, 6.07) is 0. The van der Waals surface area contributed by atoms with E-state index in [1.54, 1.807) is 0 Å². The zero-order chi connectivity index (χ0) is 7.35. The highest BCUT2D eigenvalue weighted by Crippen LogP contribution is 2.61. The molecule has 10 heavy (non-hydrogen) atoms. The molecule has 0 spiro atoms. The highest BCUT2D eigenvalue weighted by Gasteiger charge is 2.55. The van der Waals surface area contributed by atoms with Crippen LogP contribution in [0.2, 0.25) is 0 Å². The standard InChI is InChI=1S/C10H14/c1-7-4-5-8-9(6-7)10(8,2)3/h4-6,8-9H,1-3H3. The lowest BCUT2D eigenvalue weighted by molar-refractivity contribution is 0.587. The zero-order valence-electron chi connectivity index (χ0n) is 6.89. The van der Waals surface area contributed by atoms with Gasteiger partial charge in [0.1, 0.15) is 0 Å². The highest BCUT2D eigenvalue weighted by molar-refractivity contribution is 5.33. The van der Waals surface area contributed by atoms with Gasteiger partial charge in [-0.1, -0.05) is 37.6 Å². The Bertz CT molecular complexity index is 218. The first-order valence-electron chi connectivity index (χ1n) is 3.99. The molecule has 2 aliphatic carbocycles. The molecule has 2 aliphatic rings. The normalized spacial score (nSPS) is 40.5. The second-order valence-corrected chi connectivity index (χ2v) is 4.14. The molecule has 0 heteroatoms. The molecule has 0 aromatic carbocycles. The third kappa shape index (κ3) is 0.622. The van der Waals surface area contributed by atoms with Crippen molar-refractivity contribution in [2.45, 2.75) is 20.8 Å². The molecule has 0 radical (unpaired) electrons. The quantitative estimate of drug-likeness (QED) is 0.478. The molecule has 0 aromatic heterocycles. The van der Waals surface area contributed by atoms with E-state index in [0.717, 1.165) is 11.8 Å². The van der Waals surface area contributed by atoms with E-state index < -0.39 is 0 Å². The molecule has 0 aromatic rings. The number of hydrogen-bond donors (Lipinski definition) is 0. The van der Waals surface area contributed by atoms with Crippen LogP contribution in [0.3, 0.4) is 0 Å². The van der Waals surface area contributed by atoms with Crippen molar-refractivity contribution in [1.82, 2.24) is 0 Å². The summed E-state index contributed by atoms with van der Waals surface area (Å²) in [5.74, 6) is 1.69. The lowest BCUT2D eigenvalue weighted by atomic mass is 10.1. The maximum atomic E-state index is 2.41. The SMILES string of the molecule is CC1=CC2C(C=C1)C2(C)C. The van der Waals surface area contributed by atoms with Crippen LogP contribution < -0.4 is 0 Å². The smallest absolute Gasteiger partial charge is 0.0102 e. The first kappa shape index (κ1) is 6.21. The molecule has 0 N–H and O–H groups in total. The van der Waals surface area contributed by atoms with Crippen LogP contribution in [0.1, 0.15) is 20.8 Å². The molecule has 0 bridgehead atoms. The average Bonchev–Trinajstić information content (AvgIpc) is 2.36. The van der Waals surface area contributed by atoms with Crippen molar-refractivity contribution in [3.05, 3.63) is 23.8 Å². The lowest BCUT2D eigenvalue weighted by Crippen LogP contribution is -1.86. The van der Waals surface area contributed by atoms with Crippen molar-refractivity contribution in [2.24, 2.45) is 17.3 Å². The van der Waals surface area contributed by atoms with Crippen LogP contribution in [0.5, 0.6) is 0 Å². The topological polar surface area (TPSA) is 0 Å². The van der Waals surface area contributed by atoms with Crippen LogP contribution in [-0.4, -0.2) is 0 Å². The van der Waals surface area contributed by atoms with E-state index in [4.69, 9.17) is 0 Å². The number of allylic oxidation sites excluding steroid dienone is 4. The molecule has 1 saturated carbocycles. The summed E-state index contributed by atoms with van der Waals surface area (Å²) < 4.78 is 0. The fraction of sp³-hybridized carbons (Fsp3) is 0.600. The summed E-state index contributed by atoms with van der Waals surface area (Å²) in [5.41, 5.74) is 2.00. The van der Waals surface area contributed by atoms with Crippen molar-refractivity contribution in [2.75, 3.05) is 0 Å². The van der Waals surface area contributed by atoms with Gasteiger partial charge in [0.25, 0.3) is 0 Å². The molecule has 2 rings (SSSR count). The van der Waals surface area contributed by atoms with Gasteiger partial charge >= 0.3 is 0 Å². The Kier molecular flexibility index (Phi) is 0.964. The summed E-state index contributed by atoms with van der Waals surface area (Å²) in [7, 11) is 0. The molecule has 0 nitrogen and oxygen atoms in total. The van der Waals surface area contributed by atoms with Gasteiger partial charge in [0.2, 0.25) is 0 Å². The fourth-order valence-electron chi connectivity index (χ4n) is 2.00. The Morgan fingerprint density at radius 2 is 2.00 bits per heavy atom. The van der Waals surface area contributed by atoms with Crippen molar-refractivity contribution < 1.29 is 0 Å². The van der Waals surface area contributed by atoms with Crippen LogP contribution >= 0.6 is 0 Å². The first-order valence-corrected chi connectivity index (χ1v) is 3.99. The first-order chi connectivity index (χ1) is 4.62. The van der Waals surface area contributed by atoms with Gasteiger partial charge in [0, 0.05) is 0 Å². The van der Waals surface area contributed by atoms with E-state index in [1.807, 2.05) is 0 Å². The summed E-state index contributed by atoms with van der Waals surface area (Å²) >= 11 is 0. The number of fused-ring (bicyclic) bond motifs is 1. The number of rotatable bonds is 0. The largest absolute Gasteiger partial charge is 0.0800 e. The van der Waals surface area contributed by atoms with Gasteiger partial charge in [0.05, 0.1) is 0 Å². The van der Waals surface area contributed by atoms with Gasteiger partial charge in [-0.2, -0.15) is 0 Å². The van der Waals surface area contributed by atoms with Crippen molar-refractivity contribution >= 4 is 0 Å². The van der Waals surface area contributed by atoms with Gasteiger partial charge in [-0.3, -0.25) is 0 Å². The van der Waals surface area contributed by atoms with Crippen LogP contribution in [0.4, 0.5) is 0 Å². The van der Waals surface area contributed by atoms with Gasteiger partial charge in [-0.05, 0) is 24.2 Å². The Hall–Kier alpha value is -0.520. The molecule has 0 heterocycles. The Morgan fingerprint density at radius 1 is 1.30 bits per heavy atom. The van der Waals surface area contributed by atoms with Crippen molar-refractivity contribution in [1.29, 1.82) is 0 Å². The second-order valence-electron chi connectivity index (χ2n) is 4.14. The van der Waals surface area contributed by atoms with Crippen LogP contribution in [0.25, 0.3) is 0 Å². The Morgan fingerprint density at radius 3 is 2.50 bits per heavy atom. The van der Waals surface area contributed by atoms with Crippen molar-refractivity contribution in [3.8, 4) is 0 Å². The minimum atomic E-state index is 0.564. The van der Waals surface area contributed by atoms with Crippen LogP contribution in [0, 0.1) is 17.3 Å². The predicted molar refractivity (Wildman–Crippen MR) is 43.7 cm³/mol. The van der Waals surface area contributed by atoms with Crippen LogP contribution in [0.15, 0.2) is 23.8 Å². The van der Waals surface area contributed by atoms with E-state index in [2.05, 4.69) is 39.0 Å². The van der Waals surface area contributed by atoms with E-state index in [1.165, 1.54) is 5.57 Å². The van der Waals surface area contributed by atoms with Gasteiger partial charge in [0.15, 0.2) is 0 Å². The van der Waals surface area contributed by atoms with Crippen LogP contribution in [-0.2, 0) is 0 Å². The minimum Gasteiger partial charge on any atom is -0.0800 e. The summed E-state index contributed by atoms with van der Waals surface area (Å²) in [6.07, 6.45) is 7.01. The monoisotopic (exact) mass is 134 g/mol. The molecule has 2 atom stereocenters. The highest BCUT2D eigenvalue weighted by atomic mass is 14.6. The molecule has 2 unspecified atom stereocenters. The molecule has 1 fully saturated rings. The molecular weight excluding hydrogens is 120 g/mol. The van der Waals surface area contributed by atoms with Gasteiger partial charge in [-0.25, -0.2) is 0 Å². The van der Waals surface area contributed by atoms with E-state index >= 15 is 0 Å². The van der Waals surface area contributed by atoms with Gasteiger partial charge in [-0.15, -0.1) is 0 Å². The molecule has 0 saturated heterocycles. The lowest BCUT2D eigenvalue weighted by Gasteiger charge is -1.96. The van der Waals surface area contributed by atoms with E-state index in [0.29, 0.717) is 5.41 Å². The maximum absolute atomic E-state index is 2.41. The molecule has 54 valence electrons.